The Morgan fingerprint density at radius 2 is 1.86 bits per heavy atom. The monoisotopic (exact) mass is 304 g/mol. The standard InChI is InChI=1S/C15H20N4O3/c16-14(21)10-3-5-12(6-4-10)18-8-13(20)19-7-1-2-11(9-19)15(17)22/h3-6,11,18H,1-2,7-9H2,(H2,16,21)(H2,17,22). The molecule has 1 fully saturated rings. The molecule has 1 heterocycles. The van der Waals surface area contributed by atoms with E-state index in [1.807, 2.05) is 0 Å². The summed E-state index contributed by atoms with van der Waals surface area (Å²) < 4.78 is 0. The number of likely N-dealkylation sites (tertiary alicyclic amines) is 1. The summed E-state index contributed by atoms with van der Waals surface area (Å²) in [4.78, 5) is 36.0. The predicted molar refractivity (Wildman–Crippen MR) is 81.9 cm³/mol. The second-order valence-electron chi connectivity index (χ2n) is 5.38. The van der Waals surface area contributed by atoms with Gasteiger partial charge in [0.25, 0.3) is 0 Å². The molecule has 0 radical (unpaired) electrons. The van der Waals surface area contributed by atoms with Gasteiger partial charge in [-0.05, 0) is 37.1 Å². The molecule has 1 aromatic carbocycles. The molecule has 0 aliphatic carbocycles. The molecule has 3 amide bonds. The fraction of sp³-hybridized carbons (Fsp3) is 0.400. The summed E-state index contributed by atoms with van der Waals surface area (Å²) in [5.74, 6) is -1.18. The van der Waals surface area contributed by atoms with E-state index in [9.17, 15) is 14.4 Å². The summed E-state index contributed by atoms with van der Waals surface area (Å²) in [5, 5.41) is 2.99. The lowest BCUT2D eigenvalue weighted by Gasteiger charge is -2.31. The second-order valence-corrected chi connectivity index (χ2v) is 5.38. The smallest absolute Gasteiger partial charge is 0.248 e. The lowest BCUT2D eigenvalue weighted by Crippen LogP contribution is -2.45. The van der Waals surface area contributed by atoms with Crippen LogP contribution < -0.4 is 16.8 Å². The maximum absolute atomic E-state index is 12.2. The van der Waals surface area contributed by atoms with E-state index in [4.69, 9.17) is 11.5 Å². The van der Waals surface area contributed by atoms with Crippen LogP contribution in [0.5, 0.6) is 0 Å². The number of piperidine rings is 1. The highest BCUT2D eigenvalue weighted by Gasteiger charge is 2.26. The van der Waals surface area contributed by atoms with Crippen LogP contribution in [0, 0.1) is 5.92 Å². The summed E-state index contributed by atoms with van der Waals surface area (Å²) in [6, 6.07) is 6.57. The second kappa shape index (κ2) is 6.93. The largest absolute Gasteiger partial charge is 0.376 e. The third kappa shape index (κ3) is 3.97. The molecular weight excluding hydrogens is 284 g/mol. The molecule has 1 aliphatic rings. The number of carbonyl (C=O) groups excluding carboxylic acids is 3. The van der Waals surface area contributed by atoms with Crippen LogP contribution in [-0.4, -0.2) is 42.3 Å². The van der Waals surface area contributed by atoms with Crippen LogP contribution in [0.1, 0.15) is 23.2 Å². The molecule has 2 rings (SSSR count). The van der Waals surface area contributed by atoms with Crippen molar-refractivity contribution in [3.8, 4) is 0 Å². The molecule has 1 atom stereocenters. The number of nitrogens with zero attached hydrogens (tertiary/aromatic N) is 1. The van der Waals surface area contributed by atoms with E-state index in [-0.39, 0.29) is 24.3 Å². The minimum absolute atomic E-state index is 0.0788. The van der Waals surface area contributed by atoms with Crippen molar-refractivity contribution in [2.75, 3.05) is 25.0 Å². The number of primary amides is 2. The van der Waals surface area contributed by atoms with Crippen molar-refractivity contribution in [2.45, 2.75) is 12.8 Å². The van der Waals surface area contributed by atoms with Crippen LogP contribution in [-0.2, 0) is 9.59 Å². The van der Waals surface area contributed by atoms with Crippen molar-refractivity contribution in [1.82, 2.24) is 4.90 Å². The van der Waals surface area contributed by atoms with Crippen LogP contribution in [0.2, 0.25) is 0 Å². The number of carbonyl (C=O) groups is 3. The number of hydrogen-bond donors (Lipinski definition) is 3. The van der Waals surface area contributed by atoms with E-state index in [2.05, 4.69) is 5.32 Å². The van der Waals surface area contributed by atoms with Crippen molar-refractivity contribution < 1.29 is 14.4 Å². The fourth-order valence-corrected chi connectivity index (χ4v) is 2.48. The molecule has 0 saturated carbocycles. The number of hydrogen-bond acceptors (Lipinski definition) is 4. The Morgan fingerprint density at radius 3 is 2.45 bits per heavy atom. The van der Waals surface area contributed by atoms with Crippen LogP contribution in [0.4, 0.5) is 5.69 Å². The normalized spacial score (nSPS) is 17.8. The Kier molecular flexibility index (Phi) is 4.98. The number of nitrogens with two attached hydrogens (primary N) is 2. The van der Waals surface area contributed by atoms with Gasteiger partial charge in [-0.3, -0.25) is 14.4 Å². The predicted octanol–water partition coefficient (Wildman–Crippen LogP) is -0.0787. The van der Waals surface area contributed by atoms with Gasteiger partial charge >= 0.3 is 0 Å². The quantitative estimate of drug-likeness (QED) is 0.705. The van der Waals surface area contributed by atoms with Gasteiger partial charge in [0.15, 0.2) is 0 Å². The molecule has 0 aromatic heterocycles. The molecule has 0 bridgehead atoms. The van der Waals surface area contributed by atoms with E-state index >= 15 is 0 Å². The van der Waals surface area contributed by atoms with Crippen molar-refractivity contribution in [3.63, 3.8) is 0 Å². The first-order chi connectivity index (χ1) is 10.5. The zero-order valence-corrected chi connectivity index (χ0v) is 12.2. The maximum atomic E-state index is 12.2. The van der Waals surface area contributed by atoms with Crippen LogP contribution in [0.3, 0.4) is 0 Å². The molecule has 7 heteroatoms. The molecule has 1 unspecified atom stereocenters. The van der Waals surface area contributed by atoms with E-state index in [1.165, 1.54) is 0 Å². The van der Waals surface area contributed by atoms with Crippen LogP contribution >= 0.6 is 0 Å². The van der Waals surface area contributed by atoms with Gasteiger partial charge < -0.3 is 21.7 Å². The topological polar surface area (TPSA) is 119 Å². The molecule has 0 spiro atoms. The summed E-state index contributed by atoms with van der Waals surface area (Å²) in [5.41, 5.74) is 11.6. The van der Waals surface area contributed by atoms with Crippen molar-refractivity contribution >= 4 is 23.4 Å². The summed E-state index contributed by atoms with van der Waals surface area (Å²) in [6.07, 6.45) is 1.52. The Hall–Kier alpha value is -2.57. The number of benzene rings is 1. The molecular formula is C15H20N4O3. The van der Waals surface area contributed by atoms with Crippen molar-refractivity contribution in [3.05, 3.63) is 29.8 Å². The number of nitrogens with one attached hydrogen (secondary N) is 1. The van der Waals surface area contributed by atoms with Gasteiger partial charge in [0.2, 0.25) is 17.7 Å². The fourth-order valence-electron chi connectivity index (χ4n) is 2.48. The van der Waals surface area contributed by atoms with Gasteiger partial charge in [0, 0.05) is 24.3 Å². The number of anilines is 1. The van der Waals surface area contributed by atoms with Gasteiger partial charge in [-0.1, -0.05) is 0 Å². The van der Waals surface area contributed by atoms with Gasteiger partial charge in [0.1, 0.15) is 0 Å². The van der Waals surface area contributed by atoms with Crippen molar-refractivity contribution in [1.29, 1.82) is 0 Å². The van der Waals surface area contributed by atoms with E-state index < -0.39 is 5.91 Å². The molecule has 1 aliphatic heterocycles. The van der Waals surface area contributed by atoms with Crippen molar-refractivity contribution in [2.24, 2.45) is 17.4 Å². The summed E-state index contributed by atoms with van der Waals surface area (Å²) >= 11 is 0. The Morgan fingerprint density at radius 1 is 1.18 bits per heavy atom. The van der Waals surface area contributed by atoms with Gasteiger partial charge in [-0.25, -0.2) is 0 Å². The molecule has 1 aromatic rings. The zero-order chi connectivity index (χ0) is 16.1. The lowest BCUT2D eigenvalue weighted by molar-refractivity contribution is -0.133. The first-order valence-electron chi connectivity index (χ1n) is 7.18. The first kappa shape index (κ1) is 15.8. The van der Waals surface area contributed by atoms with Gasteiger partial charge in [-0.15, -0.1) is 0 Å². The minimum atomic E-state index is -0.492. The highest BCUT2D eigenvalue weighted by atomic mass is 16.2. The van der Waals surface area contributed by atoms with E-state index in [0.29, 0.717) is 18.7 Å². The first-order valence-corrected chi connectivity index (χ1v) is 7.18. The molecule has 118 valence electrons. The van der Waals surface area contributed by atoms with Crippen LogP contribution in [0.15, 0.2) is 24.3 Å². The lowest BCUT2D eigenvalue weighted by atomic mass is 9.97. The molecule has 7 nitrogen and oxygen atoms in total. The number of rotatable bonds is 5. The summed E-state index contributed by atoms with van der Waals surface area (Å²) in [6.45, 7) is 1.16. The van der Waals surface area contributed by atoms with Gasteiger partial charge in [-0.2, -0.15) is 0 Å². The third-order valence-electron chi connectivity index (χ3n) is 3.79. The van der Waals surface area contributed by atoms with Crippen LogP contribution in [0.25, 0.3) is 0 Å². The molecule has 22 heavy (non-hydrogen) atoms. The minimum Gasteiger partial charge on any atom is -0.376 e. The zero-order valence-electron chi connectivity index (χ0n) is 12.2. The average Bonchev–Trinajstić information content (AvgIpc) is 2.53. The number of amides is 3. The average molecular weight is 304 g/mol. The maximum Gasteiger partial charge on any atom is 0.248 e. The summed E-state index contributed by atoms with van der Waals surface area (Å²) in [7, 11) is 0. The highest BCUT2D eigenvalue weighted by Crippen LogP contribution is 2.16. The van der Waals surface area contributed by atoms with Gasteiger partial charge in [0.05, 0.1) is 12.5 Å². The Bertz CT molecular complexity index is 571. The third-order valence-corrected chi connectivity index (χ3v) is 3.79. The van der Waals surface area contributed by atoms with E-state index in [1.54, 1.807) is 29.2 Å². The Labute approximate surface area is 128 Å². The molecule has 5 N–H and O–H groups in total. The van der Waals surface area contributed by atoms with E-state index in [0.717, 1.165) is 18.5 Å². The SMILES string of the molecule is NC(=O)c1ccc(NCC(=O)N2CCCC(C(N)=O)C2)cc1. The highest BCUT2D eigenvalue weighted by molar-refractivity contribution is 5.93. The Balaban J connectivity index is 1.86. The molecule has 1 saturated heterocycles.